The fraction of sp³-hybridized carbons (Fsp3) is 0.387. The van der Waals surface area contributed by atoms with Crippen LogP contribution in [0.25, 0.3) is 0 Å². The molecule has 0 saturated carbocycles. The summed E-state index contributed by atoms with van der Waals surface area (Å²) in [4.78, 5) is 78.2. The van der Waals surface area contributed by atoms with Gasteiger partial charge in [-0.05, 0) is 37.7 Å². The number of benzene rings is 2. The lowest BCUT2D eigenvalue weighted by atomic mass is 9.99. The van der Waals surface area contributed by atoms with E-state index >= 15 is 0 Å². The number of nitrogens with one attached hydrogen (secondary N) is 3. The molecule has 0 heterocycles. The predicted octanol–water partition coefficient (Wildman–Crippen LogP) is 0.118. The summed E-state index contributed by atoms with van der Waals surface area (Å²) in [6.07, 6.45) is 0.976. The van der Waals surface area contributed by atoms with Crippen molar-refractivity contribution in [3.05, 3.63) is 71.3 Å². The molecule has 10 N–H and O–H groups in total. The molecule has 2 aromatic rings. The summed E-state index contributed by atoms with van der Waals surface area (Å²) in [5.41, 5.74) is 17.8. The number of nitrogens with zero attached hydrogens (tertiary/aromatic N) is 1. The average molecular weight is 624 g/mol. The number of aliphatic carboxylic acids is 1. The van der Waals surface area contributed by atoms with Crippen LogP contribution in [0.2, 0.25) is 0 Å². The molecule has 2 aromatic carbocycles. The average Bonchev–Trinajstić information content (AvgIpc) is 2.99. The van der Waals surface area contributed by atoms with Crippen LogP contribution < -0.4 is 33.2 Å². The number of unbranched alkanes of at least 4 members (excludes halogenated alkanes) is 1. The van der Waals surface area contributed by atoms with E-state index in [0.717, 1.165) is 0 Å². The molecular weight excluding hydrogens is 582 g/mol. The molecule has 0 aliphatic rings. The quantitative estimate of drug-likeness (QED) is 0.0485. The molecule has 14 heteroatoms. The zero-order valence-electron chi connectivity index (χ0n) is 25.2. The molecule has 45 heavy (non-hydrogen) atoms. The minimum absolute atomic E-state index is 0.000979. The molecule has 0 saturated heterocycles. The fourth-order valence-electron chi connectivity index (χ4n) is 4.46. The smallest absolute Gasteiger partial charge is 0.303 e. The van der Waals surface area contributed by atoms with Gasteiger partial charge in [0.15, 0.2) is 11.7 Å². The molecule has 0 spiro atoms. The normalized spacial score (nSPS) is 12.6. The topological polar surface area (TPSA) is 249 Å². The number of carbonyl (C=O) groups is 6. The molecule has 0 bridgehead atoms. The van der Waals surface area contributed by atoms with Gasteiger partial charge in [0.25, 0.3) is 0 Å². The van der Waals surface area contributed by atoms with Crippen molar-refractivity contribution in [1.29, 1.82) is 0 Å². The highest BCUT2D eigenvalue weighted by molar-refractivity contribution is 6.09. The van der Waals surface area contributed by atoms with Gasteiger partial charge < -0.3 is 38.3 Å². The van der Waals surface area contributed by atoms with Crippen molar-refractivity contribution in [2.75, 3.05) is 6.54 Å². The van der Waals surface area contributed by atoms with Gasteiger partial charge in [-0.25, -0.2) is 0 Å². The maximum Gasteiger partial charge on any atom is 0.303 e. The number of ketones is 1. The number of hydrogen-bond acceptors (Lipinski definition) is 7. The Morgan fingerprint density at radius 1 is 0.733 bits per heavy atom. The lowest BCUT2D eigenvalue weighted by molar-refractivity contribution is -0.137. The van der Waals surface area contributed by atoms with Crippen LogP contribution in [0.5, 0.6) is 0 Å². The van der Waals surface area contributed by atoms with Crippen LogP contribution in [0.4, 0.5) is 0 Å². The number of aliphatic imine (C=N–C) groups is 1. The van der Waals surface area contributed by atoms with Gasteiger partial charge in [-0.1, -0.05) is 54.6 Å². The van der Waals surface area contributed by atoms with Crippen LogP contribution in [0.3, 0.4) is 0 Å². The second-order valence-corrected chi connectivity index (χ2v) is 10.5. The molecule has 0 aliphatic carbocycles. The Kier molecular flexibility index (Phi) is 14.7. The third-order valence-corrected chi connectivity index (χ3v) is 6.76. The Hall–Kier alpha value is -5.27. The number of hydrogen-bond donors (Lipinski definition) is 7. The van der Waals surface area contributed by atoms with E-state index in [1.54, 1.807) is 54.6 Å². The van der Waals surface area contributed by atoms with Gasteiger partial charge in [0, 0.05) is 37.4 Å². The van der Waals surface area contributed by atoms with E-state index in [9.17, 15) is 28.8 Å². The van der Waals surface area contributed by atoms with E-state index < -0.39 is 47.7 Å². The van der Waals surface area contributed by atoms with Gasteiger partial charge in [0.1, 0.15) is 18.1 Å². The second-order valence-electron chi connectivity index (χ2n) is 10.5. The zero-order chi connectivity index (χ0) is 33.4. The largest absolute Gasteiger partial charge is 0.481 e. The van der Waals surface area contributed by atoms with Crippen LogP contribution in [-0.2, 0) is 30.4 Å². The molecule has 2 rings (SSSR count). The SMILES string of the molecule is CC(=O)N[C@@H](CCCCN=C(N)N)C(=O)N[C@@H](CCCC(=O)O)C(=O)N[C@@H](Cc1ccc(C(=O)c2ccccc2)cc1)C(N)=O. The Morgan fingerprint density at radius 3 is 1.84 bits per heavy atom. The Morgan fingerprint density at radius 2 is 1.29 bits per heavy atom. The first kappa shape index (κ1) is 35.9. The van der Waals surface area contributed by atoms with Crippen LogP contribution in [-0.4, -0.2) is 71.1 Å². The first-order valence-corrected chi connectivity index (χ1v) is 14.5. The van der Waals surface area contributed by atoms with Gasteiger partial charge in [0.05, 0.1) is 0 Å². The van der Waals surface area contributed by atoms with Crippen molar-refractivity contribution >= 4 is 41.3 Å². The number of rotatable bonds is 19. The number of amides is 4. The molecule has 0 radical (unpaired) electrons. The van der Waals surface area contributed by atoms with Gasteiger partial charge in [-0.3, -0.25) is 33.8 Å². The minimum atomic E-state index is -1.22. The second kappa shape index (κ2) is 18.4. The lowest BCUT2D eigenvalue weighted by Crippen LogP contribution is -2.56. The number of guanidine groups is 1. The summed E-state index contributed by atoms with van der Waals surface area (Å²) in [6.45, 7) is 1.58. The van der Waals surface area contributed by atoms with Crippen molar-refractivity contribution in [1.82, 2.24) is 16.0 Å². The Labute approximate surface area is 261 Å². The number of carboxylic acid groups (broad SMARTS) is 1. The van der Waals surface area contributed by atoms with Crippen molar-refractivity contribution < 1.29 is 33.9 Å². The molecule has 0 fully saturated rings. The molecule has 4 amide bonds. The van der Waals surface area contributed by atoms with Gasteiger partial charge in [0.2, 0.25) is 23.6 Å². The Balaban J connectivity index is 2.13. The van der Waals surface area contributed by atoms with E-state index in [-0.39, 0.29) is 43.8 Å². The third kappa shape index (κ3) is 13.3. The summed E-state index contributed by atoms with van der Waals surface area (Å²) < 4.78 is 0. The molecule has 0 aromatic heterocycles. The first-order chi connectivity index (χ1) is 21.4. The summed E-state index contributed by atoms with van der Waals surface area (Å²) in [7, 11) is 0. The molecule has 3 atom stereocenters. The van der Waals surface area contributed by atoms with Crippen LogP contribution >= 0.6 is 0 Å². The first-order valence-electron chi connectivity index (χ1n) is 14.5. The Bertz CT molecular complexity index is 1360. The van der Waals surface area contributed by atoms with E-state index in [4.69, 9.17) is 22.3 Å². The van der Waals surface area contributed by atoms with E-state index in [0.29, 0.717) is 36.1 Å². The highest BCUT2D eigenvalue weighted by Crippen LogP contribution is 2.13. The number of nitrogens with two attached hydrogens (primary N) is 3. The maximum absolute atomic E-state index is 13.3. The van der Waals surface area contributed by atoms with E-state index in [1.807, 2.05) is 0 Å². The number of primary amides is 1. The van der Waals surface area contributed by atoms with Crippen molar-refractivity contribution in [3.63, 3.8) is 0 Å². The lowest BCUT2D eigenvalue weighted by Gasteiger charge is -2.24. The number of carbonyl (C=O) groups excluding carboxylic acids is 5. The molecular formula is C31H41N7O7. The van der Waals surface area contributed by atoms with Gasteiger partial charge in [-0.2, -0.15) is 0 Å². The monoisotopic (exact) mass is 623 g/mol. The summed E-state index contributed by atoms with van der Waals surface area (Å²) in [5, 5.41) is 16.8. The molecule has 242 valence electrons. The number of carboxylic acids is 1. The summed E-state index contributed by atoms with van der Waals surface area (Å²) in [5.74, 6) is -4.02. The third-order valence-electron chi connectivity index (χ3n) is 6.76. The van der Waals surface area contributed by atoms with Crippen molar-refractivity contribution in [3.8, 4) is 0 Å². The van der Waals surface area contributed by atoms with Gasteiger partial charge >= 0.3 is 5.97 Å². The highest BCUT2D eigenvalue weighted by atomic mass is 16.4. The summed E-state index contributed by atoms with van der Waals surface area (Å²) in [6, 6.07) is 11.9. The van der Waals surface area contributed by atoms with Gasteiger partial charge in [-0.15, -0.1) is 0 Å². The standard InChI is InChI=1S/C31H41N7O7/c1-19(39)36-23(10-5-6-17-35-31(33)34)29(44)37-24(11-7-12-26(40)41)30(45)38-25(28(32)43)18-20-13-15-22(16-14-20)27(42)21-8-3-2-4-9-21/h2-4,8-9,13-16,23-25H,5-7,10-12,17-18H2,1H3,(H2,32,43)(H,36,39)(H,37,44)(H,38,45)(H,40,41)(H4,33,34,35)/t23-,24-,25-/m0/s1. The molecule has 0 unspecified atom stereocenters. The summed E-state index contributed by atoms with van der Waals surface area (Å²) >= 11 is 0. The van der Waals surface area contributed by atoms with Crippen molar-refractivity contribution in [2.24, 2.45) is 22.2 Å². The van der Waals surface area contributed by atoms with Crippen LogP contribution in [0, 0.1) is 0 Å². The predicted molar refractivity (Wildman–Crippen MR) is 167 cm³/mol. The molecule has 14 nitrogen and oxygen atoms in total. The van der Waals surface area contributed by atoms with Crippen LogP contribution in [0.1, 0.15) is 66.9 Å². The van der Waals surface area contributed by atoms with Crippen LogP contribution in [0.15, 0.2) is 59.6 Å². The fourth-order valence-corrected chi connectivity index (χ4v) is 4.46. The van der Waals surface area contributed by atoms with E-state index in [1.165, 1.54) is 6.92 Å². The van der Waals surface area contributed by atoms with E-state index in [2.05, 4.69) is 20.9 Å². The van der Waals surface area contributed by atoms with Crippen molar-refractivity contribution in [2.45, 2.75) is 70.0 Å². The minimum Gasteiger partial charge on any atom is -0.481 e. The zero-order valence-corrected chi connectivity index (χ0v) is 25.2. The maximum atomic E-state index is 13.3. The highest BCUT2D eigenvalue weighted by Gasteiger charge is 2.29. The molecule has 0 aliphatic heterocycles.